The Balaban J connectivity index is 1.97. The van der Waals surface area contributed by atoms with Crippen molar-refractivity contribution in [3.05, 3.63) is 71.8 Å². The van der Waals surface area contributed by atoms with Gasteiger partial charge in [0.1, 0.15) is 0 Å². The van der Waals surface area contributed by atoms with Gasteiger partial charge in [-0.15, -0.1) is 0 Å². The van der Waals surface area contributed by atoms with Crippen LogP contribution in [0.4, 0.5) is 0 Å². The smallest absolute Gasteiger partial charge is 0.0512 e. The molecule has 1 atom stereocenters. The number of hydrogen-bond acceptors (Lipinski definition) is 2. The minimum atomic E-state index is -0.203. The second kappa shape index (κ2) is 8.60. The molecule has 2 rings (SSSR count). The second-order valence-electron chi connectivity index (χ2n) is 5.57. The summed E-state index contributed by atoms with van der Waals surface area (Å²) in [6.07, 6.45) is 1.66. The van der Waals surface area contributed by atoms with Gasteiger partial charge in [-0.05, 0) is 37.4 Å². The minimum Gasteiger partial charge on any atom is -0.393 e. The van der Waals surface area contributed by atoms with Gasteiger partial charge in [-0.25, -0.2) is 0 Å². The average molecular weight is 283 g/mol. The molecule has 0 heterocycles. The van der Waals surface area contributed by atoms with Crippen LogP contribution in [0, 0.1) is 0 Å². The van der Waals surface area contributed by atoms with E-state index >= 15 is 0 Å². The Labute approximate surface area is 127 Å². The molecule has 0 saturated carbocycles. The van der Waals surface area contributed by atoms with Crippen molar-refractivity contribution >= 4 is 0 Å². The molecule has 1 unspecified atom stereocenters. The molecule has 2 N–H and O–H groups in total. The zero-order chi connectivity index (χ0) is 14.9. The number of benzene rings is 2. The van der Waals surface area contributed by atoms with E-state index in [2.05, 4.69) is 66.0 Å². The first kappa shape index (κ1) is 15.7. The number of nitrogens with one attached hydrogen (secondary N) is 1. The van der Waals surface area contributed by atoms with Crippen molar-refractivity contribution in [2.75, 3.05) is 13.1 Å². The summed E-state index contributed by atoms with van der Waals surface area (Å²) in [6.45, 7) is 3.71. The summed E-state index contributed by atoms with van der Waals surface area (Å²) in [6, 6.07) is 21.3. The molecule has 0 spiro atoms. The van der Waals surface area contributed by atoms with Crippen molar-refractivity contribution in [1.29, 1.82) is 0 Å². The monoisotopic (exact) mass is 283 g/mol. The maximum atomic E-state index is 9.29. The predicted octanol–water partition coefficient (Wildman–Crippen LogP) is 3.57. The second-order valence-corrected chi connectivity index (χ2v) is 5.57. The predicted molar refractivity (Wildman–Crippen MR) is 88.5 cm³/mol. The molecule has 0 radical (unpaired) electrons. The van der Waals surface area contributed by atoms with E-state index in [9.17, 15) is 5.11 Å². The van der Waals surface area contributed by atoms with Gasteiger partial charge >= 0.3 is 0 Å². The van der Waals surface area contributed by atoms with E-state index in [0.717, 1.165) is 25.9 Å². The van der Waals surface area contributed by atoms with E-state index in [0.29, 0.717) is 5.92 Å². The summed E-state index contributed by atoms with van der Waals surface area (Å²) in [5.41, 5.74) is 2.68. The normalized spacial score (nSPS) is 12.5. The van der Waals surface area contributed by atoms with Gasteiger partial charge in [0.2, 0.25) is 0 Å². The lowest BCUT2D eigenvalue weighted by molar-refractivity contribution is 0.181. The molecule has 0 aliphatic heterocycles. The first-order chi connectivity index (χ1) is 10.3. The van der Waals surface area contributed by atoms with Crippen LogP contribution in [0.1, 0.15) is 36.8 Å². The van der Waals surface area contributed by atoms with Crippen molar-refractivity contribution in [2.24, 2.45) is 0 Å². The maximum absolute atomic E-state index is 9.29. The number of aliphatic hydroxyl groups is 1. The SMILES string of the molecule is CC(O)CCCNCC(c1ccccc1)c1ccccc1. The van der Waals surface area contributed by atoms with Gasteiger partial charge in [-0.1, -0.05) is 60.7 Å². The Hall–Kier alpha value is -1.64. The van der Waals surface area contributed by atoms with Gasteiger partial charge in [0.25, 0.3) is 0 Å². The van der Waals surface area contributed by atoms with Crippen LogP contribution >= 0.6 is 0 Å². The Kier molecular flexibility index (Phi) is 6.45. The Morgan fingerprint density at radius 3 is 1.90 bits per heavy atom. The number of hydrogen-bond donors (Lipinski definition) is 2. The summed E-state index contributed by atoms with van der Waals surface area (Å²) in [7, 11) is 0. The molecule has 0 saturated heterocycles. The van der Waals surface area contributed by atoms with Gasteiger partial charge in [0, 0.05) is 12.5 Å². The molecule has 0 amide bonds. The fraction of sp³-hybridized carbons (Fsp3) is 0.368. The summed E-state index contributed by atoms with van der Waals surface area (Å²) in [5.74, 6) is 0.374. The van der Waals surface area contributed by atoms with Crippen LogP contribution in [0.2, 0.25) is 0 Å². The maximum Gasteiger partial charge on any atom is 0.0512 e. The van der Waals surface area contributed by atoms with Crippen LogP contribution in [0.25, 0.3) is 0 Å². The fourth-order valence-corrected chi connectivity index (χ4v) is 2.57. The van der Waals surface area contributed by atoms with Crippen molar-refractivity contribution in [3.8, 4) is 0 Å². The average Bonchev–Trinajstić information content (AvgIpc) is 2.52. The van der Waals surface area contributed by atoms with Crippen LogP contribution in [-0.4, -0.2) is 24.3 Å². The van der Waals surface area contributed by atoms with E-state index in [1.165, 1.54) is 11.1 Å². The summed E-state index contributed by atoms with van der Waals surface area (Å²) in [5, 5.41) is 12.8. The highest BCUT2D eigenvalue weighted by Gasteiger charge is 2.12. The molecule has 0 aliphatic carbocycles. The first-order valence-electron chi connectivity index (χ1n) is 7.76. The highest BCUT2D eigenvalue weighted by atomic mass is 16.3. The lowest BCUT2D eigenvalue weighted by atomic mass is 9.91. The zero-order valence-corrected chi connectivity index (χ0v) is 12.7. The highest BCUT2D eigenvalue weighted by molar-refractivity contribution is 5.32. The van der Waals surface area contributed by atoms with Crippen molar-refractivity contribution in [1.82, 2.24) is 5.32 Å². The van der Waals surface area contributed by atoms with Crippen LogP contribution in [0.3, 0.4) is 0 Å². The van der Waals surface area contributed by atoms with Crippen molar-refractivity contribution in [2.45, 2.75) is 31.8 Å². The Morgan fingerprint density at radius 2 is 1.43 bits per heavy atom. The topological polar surface area (TPSA) is 32.3 Å². The third-order valence-electron chi connectivity index (χ3n) is 3.73. The zero-order valence-electron chi connectivity index (χ0n) is 12.7. The molecule has 2 aromatic rings. The van der Waals surface area contributed by atoms with Crippen LogP contribution in [0.5, 0.6) is 0 Å². The van der Waals surface area contributed by atoms with E-state index in [-0.39, 0.29) is 6.10 Å². The molecular formula is C19H25NO. The number of rotatable bonds is 8. The fourth-order valence-electron chi connectivity index (χ4n) is 2.57. The third kappa shape index (κ3) is 5.33. The first-order valence-corrected chi connectivity index (χ1v) is 7.76. The quantitative estimate of drug-likeness (QED) is 0.726. The lowest BCUT2D eigenvalue weighted by Crippen LogP contribution is -2.24. The van der Waals surface area contributed by atoms with E-state index in [1.54, 1.807) is 0 Å². The summed E-state index contributed by atoms with van der Waals surface area (Å²) < 4.78 is 0. The van der Waals surface area contributed by atoms with Gasteiger partial charge in [0.15, 0.2) is 0 Å². The lowest BCUT2D eigenvalue weighted by Gasteiger charge is -2.19. The van der Waals surface area contributed by atoms with Crippen LogP contribution < -0.4 is 5.32 Å². The van der Waals surface area contributed by atoms with Crippen LogP contribution in [-0.2, 0) is 0 Å². The molecule has 112 valence electrons. The largest absolute Gasteiger partial charge is 0.393 e. The molecule has 2 heteroatoms. The Bertz CT molecular complexity index is 456. The van der Waals surface area contributed by atoms with Crippen molar-refractivity contribution < 1.29 is 5.11 Å². The van der Waals surface area contributed by atoms with Gasteiger partial charge < -0.3 is 10.4 Å². The molecule has 0 aromatic heterocycles. The molecule has 2 nitrogen and oxygen atoms in total. The molecular weight excluding hydrogens is 258 g/mol. The minimum absolute atomic E-state index is 0.203. The third-order valence-corrected chi connectivity index (χ3v) is 3.73. The Morgan fingerprint density at radius 1 is 0.905 bits per heavy atom. The standard InChI is InChI=1S/C19H25NO/c1-16(21)9-8-14-20-15-19(17-10-4-2-5-11-17)18-12-6-3-7-13-18/h2-7,10-13,16,19-21H,8-9,14-15H2,1H3. The molecule has 2 aromatic carbocycles. The molecule has 0 aliphatic rings. The molecule has 0 fully saturated rings. The highest BCUT2D eigenvalue weighted by Crippen LogP contribution is 2.23. The van der Waals surface area contributed by atoms with Crippen molar-refractivity contribution in [3.63, 3.8) is 0 Å². The van der Waals surface area contributed by atoms with E-state index < -0.39 is 0 Å². The summed E-state index contributed by atoms with van der Waals surface area (Å²) >= 11 is 0. The van der Waals surface area contributed by atoms with Crippen LogP contribution in [0.15, 0.2) is 60.7 Å². The molecule has 21 heavy (non-hydrogen) atoms. The summed E-state index contributed by atoms with van der Waals surface area (Å²) in [4.78, 5) is 0. The van der Waals surface area contributed by atoms with Gasteiger partial charge in [0.05, 0.1) is 6.10 Å². The van der Waals surface area contributed by atoms with E-state index in [1.807, 2.05) is 6.92 Å². The van der Waals surface area contributed by atoms with Gasteiger partial charge in [-0.3, -0.25) is 0 Å². The molecule has 0 bridgehead atoms. The van der Waals surface area contributed by atoms with E-state index in [4.69, 9.17) is 0 Å². The number of aliphatic hydroxyl groups excluding tert-OH is 1. The van der Waals surface area contributed by atoms with Gasteiger partial charge in [-0.2, -0.15) is 0 Å².